The van der Waals surface area contributed by atoms with Crippen molar-refractivity contribution < 1.29 is 9.13 Å². The summed E-state index contributed by atoms with van der Waals surface area (Å²) in [6.07, 6.45) is 1.53. The fourth-order valence-electron chi connectivity index (χ4n) is 1.83. The fourth-order valence-corrected chi connectivity index (χ4v) is 1.83. The Labute approximate surface area is 116 Å². The van der Waals surface area contributed by atoms with E-state index in [0.29, 0.717) is 12.2 Å². The largest absolute Gasteiger partial charge is 0.485 e. The third-order valence-corrected chi connectivity index (χ3v) is 2.74. The standard InChI is InChI=1S/C15H14FN3O/c1-18-9-12-3-2-4-14(16)15(12)20-10-11-5-6-19-13(7-11)8-17/h2-7,18H,9-10H2,1H3. The number of benzene rings is 1. The molecule has 2 aromatic rings. The monoisotopic (exact) mass is 271 g/mol. The van der Waals surface area contributed by atoms with Gasteiger partial charge >= 0.3 is 0 Å². The Kier molecular flexibility index (Phi) is 4.64. The molecule has 0 amide bonds. The van der Waals surface area contributed by atoms with E-state index in [1.807, 2.05) is 12.1 Å². The smallest absolute Gasteiger partial charge is 0.165 e. The first-order chi connectivity index (χ1) is 9.74. The Morgan fingerprint density at radius 1 is 1.40 bits per heavy atom. The van der Waals surface area contributed by atoms with Gasteiger partial charge in [0.05, 0.1) is 0 Å². The third-order valence-electron chi connectivity index (χ3n) is 2.74. The molecular weight excluding hydrogens is 257 g/mol. The van der Waals surface area contributed by atoms with Crippen molar-refractivity contribution in [3.05, 3.63) is 59.2 Å². The highest BCUT2D eigenvalue weighted by molar-refractivity contribution is 5.35. The van der Waals surface area contributed by atoms with Crippen LogP contribution in [0.5, 0.6) is 5.75 Å². The van der Waals surface area contributed by atoms with E-state index in [1.165, 1.54) is 12.3 Å². The van der Waals surface area contributed by atoms with Gasteiger partial charge in [0, 0.05) is 18.3 Å². The number of ether oxygens (including phenoxy) is 1. The topological polar surface area (TPSA) is 57.9 Å². The highest BCUT2D eigenvalue weighted by Gasteiger charge is 2.09. The molecule has 1 heterocycles. The number of nitriles is 1. The number of aromatic nitrogens is 1. The van der Waals surface area contributed by atoms with Crippen molar-refractivity contribution >= 4 is 0 Å². The summed E-state index contributed by atoms with van der Waals surface area (Å²) < 4.78 is 19.4. The van der Waals surface area contributed by atoms with Gasteiger partial charge in [0.15, 0.2) is 11.6 Å². The minimum absolute atomic E-state index is 0.189. The second-order valence-electron chi connectivity index (χ2n) is 4.21. The van der Waals surface area contributed by atoms with Gasteiger partial charge in [0.1, 0.15) is 18.4 Å². The van der Waals surface area contributed by atoms with Crippen molar-refractivity contribution in [1.29, 1.82) is 5.26 Å². The molecule has 0 spiro atoms. The lowest BCUT2D eigenvalue weighted by atomic mass is 10.2. The number of nitrogens with zero attached hydrogens (tertiary/aromatic N) is 2. The molecule has 0 radical (unpaired) electrons. The van der Waals surface area contributed by atoms with Gasteiger partial charge in [-0.05, 0) is 30.8 Å². The molecule has 5 heteroatoms. The highest BCUT2D eigenvalue weighted by Crippen LogP contribution is 2.23. The van der Waals surface area contributed by atoms with Crippen molar-refractivity contribution in [2.75, 3.05) is 7.05 Å². The zero-order chi connectivity index (χ0) is 14.4. The van der Waals surface area contributed by atoms with E-state index in [2.05, 4.69) is 10.3 Å². The number of hydrogen-bond acceptors (Lipinski definition) is 4. The summed E-state index contributed by atoms with van der Waals surface area (Å²) in [7, 11) is 1.79. The molecule has 4 nitrogen and oxygen atoms in total. The molecule has 0 unspecified atom stereocenters. The molecule has 0 bridgehead atoms. The van der Waals surface area contributed by atoms with Crippen molar-refractivity contribution in [1.82, 2.24) is 10.3 Å². The molecule has 0 aliphatic heterocycles. The average Bonchev–Trinajstić information content (AvgIpc) is 2.47. The molecule has 102 valence electrons. The van der Waals surface area contributed by atoms with Crippen LogP contribution in [-0.2, 0) is 13.2 Å². The molecular formula is C15H14FN3O. The van der Waals surface area contributed by atoms with Crippen LogP contribution in [0.4, 0.5) is 4.39 Å². The summed E-state index contributed by atoms with van der Waals surface area (Å²) in [5.74, 6) is -0.163. The van der Waals surface area contributed by atoms with Crippen LogP contribution < -0.4 is 10.1 Å². The predicted octanol–water partition coefficient (Wildman–Crippen LogP) is 2.39. The van der Waals surface area contributed by atoms with Crippen LogP contribution >= 0.6 is 0 Å². The van der Waals surface area contributed by atoms with E-state index in [-0.39, 0.29) is 12.4 Å². The van der Waals surface area contributed by atoms with Gasteiger partial charge < -0.3 is 10.1 Å². The van der Waals surface area contributed by atoms with E-state index in [9.17, 15) is 4.39 Å². The summed E-state index contributed by atoms with van der Waals surface area (Å²) in [5.41, 5.74) is 1.84. The van der Waals surface area contributed by atoms with Gasteiger partial charge in [-0.1, -0.05) is 12.1 Å². The van der Waals surface area contributed by atoms with Crippen LogP contribution in [0.15, 0.2) is 36.5 Å². The molecule has 0 aliphatic rings. The van der Waals surface area contributed by atoms with E-state index in [0.717, 1.165) is 11.1 Å². The van der Waals surface area contributed by atoms with Crippen LogP contribution in [0.3, 0.4) is 0 Å². The summed E-state index contributed by atoms with van der Waals surface area (Å²) >= 11 is 0. The van der Waals surface area contributed by atoms with Gasteiger partial charge in [-0.25, -0.2) is 9.37 Å². The van der Waals surface area contributed by atoms with Crippen LogP contribution in [0, 0.1) is 17.1 Å². The quantitative estimate of drug-likeness (QED) is 0.907. The molecule has 0 saturated carbocycles. The molecule has 0 aliphatic carbocycles. The number of rotatable bonds is 5. The highest BCUT2D eigenvalue weighted by atomic mass is 19.1. The Bertz CT molecular complexity index is 637. The van der Waals surface area contributed by atoms with Crippen molar-refractivity contribution in [2.24, 2.45) is 0 Å². The lowest BCUT2D eigenvalue weighted by Crippen LogP contribution is -2.08. The van der Waals surface area contributed by atoms with Crippen molar-refractivity contribution in [2.45, 2.75) is 13.2 Å². The van der Waals surface area contributed by atoms with Gasteiger partial charge in [-0.15, -0.1) is 0 Å². The second-order valence-corrected chi connectivity index (χ2v) is 4.21. The maximum absolute atomic E-state index is 13.8. The molecule has 20 heavy (non-hydrogen) atoms. The summed E-state index contributed by atoms with van der Waals surface area (Å²) in [6, 6.07) is 10.1. The fraction of sp³-hybridized carbons (Fsp3) is 0.200. The van der Waals surface area contributed by atoms with Gasteiger partial charge in [-0.3, -0.25) is 0 Å². The molecule has 0 atom stereocenters. The van der Waals surface area contributed by atoms with Crippen molar-refractivity contribution in [3.8, 4) is 11.8 Å². The Morgan fingerprint density at radius 3 is 3.00 bits per heavy atom. The minimum Gasteiger partial charge on any atom is -0.485 e. The van der Waals surface area contributed by atoms with Crippen LogP contribution in [0.1, 0.15) is 16.8 Å². The lowest BCUT2D eigenvalue weighted by Gasteiger charge is -2.12. The first-order valence-corrected chi connectivity index (χ1v) is 6.14. The maximum atomic E-state index is 13.8. The summed E-state index contributed by atoms with van der Waals surface area (Å²) in [6.45, 7) is 0.710. The number of nitrogens with one attached hydrogen (secondary N) is 1. The zero-order valence-electron chi connectivity index (χ0n) is 11.1. The van der Waals surface area contributed by atoms with Crippen LogP contribution in [0.25, 0.3) is 0 Å². The SMILES string of the molecule is CNCc1cccc(F)c1OCc1ccnc(C#N)c1. The lowest BCUT2D eigenvalue weighted by molar-refractivity contribution is 0.286. The number of halogens is 1. The zero-order valence-corrected chi connectivity index (χ0v) is 11.1. The van der Waals surface area contributed by atoms with Crippen LogP contribution in [-0.4, -0.2) is 12.0 Å². The maximum Gasteiger partial charge on any atom is 0.165 e. The second kappa shape index (κ2) is 6.64. The Hall–Kier alpha value is -2.45. The number of para-hydroxylation sites is 1. The first kappa shape index (κ1) is 14.0. The van der Waals surface area contributed by atoms with Crippen molar-refractivity contribution in [3.63, 3.8) is 0 Å². The number of pyridine rings is 1. The number of hydrogen-bond donors (Lipinski definition) is 1. The van der Waals surface area contributed by atoms with Gasteiger partial charge in [0.25, 0.3) is 0 Å². The van der Waals surface area contributed by atoms with E-state index < -0.39 is 5.82 Å². The molecule has 1 N–H and O–H groups in total. The Morgan fingerprint density at radius 2 is 2.25 bits per heavy atom. The summed E-state index contributed by atoms with van der Waals surface area (Å²) in [4.78, 5) is 3.88. The summed E-state index contributed by atoms with van der Waals surface area (Å²) in [5, 5.41) is 11.8. The van der Waals surface area contributed by atoms with Crippen LogP contribution in [0.2, 0.25) is 0 Å². The molecule has 2 rings (SSSR count). The normalized spacial score (nSPS) is 10.1. The predicted molar refractivity (Wildman–Crippen MR) is 72.4 cm³/mol. The van der Waals surface area contributed by atoms with Gasteiger partial charge in [-0.2, -0.15) is 5.26 Å². The third kappa shape index (κ3) is 3.31. The molecule has 0 fully saturated rings. The average molecular weight is 271 g/mol. The molecule has 0 saturated heterocycles. The van der Waals surface area contributed by atoms with E-state index in [1.54, 1.807) is 25.2 Å². The van der Waals surface area contributed by atoms with Gasteiger partial charge in [0.2, 0.25) is 0 Å². The van der Waals surface area contributed by atoms with E-state index >= 15 is 0 Å². The molecule has 1 aromatic carbocycles. The minimum atomic E-state index is -0.396. The molecule has 1 aromatic heterocycles. The Balaban J connectivity index is 2.16. The first-order valence-electron chi connectivity index (χ1n) is 6.14. The van der Waals surface area contributed by atoms with E-state index in [4.69, 9.17) is 10.00 Å².